The Bertz CT molecular complexity index is 698. The van der Waals surface area contributed by atoms with Crippen LogP contribution in [0.4, 0.5) is 0 Å². The fraction of sp³-hybridized carbons (Fsp3) is 0.588. The summed E-state index contributed by atoms with van der Waals surface area (Å²) in [7, 11) is -3.12. The van der Waals surface area contributed by atoms with E-state index in [1.807, 2.05) is 36.1 Å². The number of benzene rings is 1. The lowest BCUT2D eigenvalue weighted by Gasteiger charge is -2.52. The predicted molar refractivity (Wildman–Crippen MR) is 89.8 cm³/mol. The highest BCUT2D eigenvalue weighted by Gasteiger charge is 2.47. The van der Waals surface area contributed by atoms with E-state index in [2.05, 4.69) is 4.72 Å². The highest BCUT2D eigenvalue weighted by atomic mass is 32.2. The van der Waals surface area contributed by atoms with Crippen LogP contribution in [0.5, 0.6) is 0 Å². The number of nitrogens with one attached hydrogen (secondary N) is 1. The molecule has 1 N–H and O–H groups in total. The number of nitrogens with zero attached hydrogens (tertiary/aromatic N) is 1. The third kappa shape index (κ3) is 3.58. The number of aryl methyl sites for hydroxylation is 1. The normalized spacial score (nSPS) is 21.2. The zero-order valence-electron chi connectivity index (χ0n) is 13.7. The van der Waals surface area contributed by atoms with E-state index in [4.69, 9.17) is 0 Å². The largest absolute Gasteiger partial charge is 0.339 e. The van der Waals surface area contributed by atoms with Gasteiger partial charge >= 0.3 is 0 Å². The van der Waals surface area contributed by atoms with E-state index in [0.717, 1.165) is 49.9 Å². The SMILES string of the molecule is Cc1ccccc1C(=O)N1CCC2(CC1)CC(NS(C)(=O)=O)C2. The molecule has 1 aromatic rings. The van der Waals surface area contributed by atoms with Gasteiger partial charge in [0.15, 0.2) is 0 Å². The van der Waals surface area contributed by atoms with Gasteiger partial charge in [0.05, 0.1) is 6.26 Å². The molecule has 1 heterocycles. The van der Waals surface area contributed by atoms with Crippen molar-refractivity contribution in [1.29, 1.82) is 0 Å². The smallest absolute Gasteiger partial charge is 0.254 e. The van der Waals surface area contributed by atoms with Gasteiger partial charge < -0.3 is 4.90 Å². The van der Waals surface area contributed by atoms with Gasteiger partial charge in [-0.25, -0.2) is 13.1 Å². The summed E-state index contributed by atoms with van der Waals surface area (Å²) in [5.74, 6) is 0.114. The second-order valence-electron chi connectivity index (χ2n) is 7.10. The van der Waals surface area contributed by atoms with E-state index in [9.17, 15) is 13.2 Å². The number of piperidine rings is 1. The Hall–Kier alpha value is -1.40. The molecule has 2 aliphatic rings. The minimum atomic E-state index is -3.12. The molecule has 1 amide bonds. The van der Waals surface area contributed by atoms with Gasteiger partial charge in [0.2, 0.25) is 10.0 Å². The molecular weight excluding hydrogens is 312 g/mol. The number of amides is 1. The van der Waals surface area contributed by atoms with Gasteiger partial charge in [0, 0.05) is 24.7 Å². The third-order valence-electron chi connectivity index (χ3n) is 5.23. The highest BCUT2D eigenvalue weighted by Crippen LogP contribution is 2.49. The summed E-state index contributed by atoms with van der Waals surface area (Å²) >= 11 is 0. The lowest BCUT2D eigenvalue weighted by molar-refractivity contribution is 0.0138. The molecule has 3 rings (SSSR count). The maximum Gasteiger partial charge on any atom is 0.254 e. The number of carbonyl (C=O) groups is 1. The molecule has 2 fully saturated rings. The van der Waals surface area contributed by atoms with E-state index in [1.165, 1.54) is 6.26 Å². The Morgan fingerprint density at radius 1 is 1.22 bits per heavy atom. The maximum atomic E-state index is 12.6. The number of rotatable bonds is 3. The standard InChI is InChI=1S/C17H24N2O3S/c1-13-5-3-4-6-15(13)16(20)19-9-7-17(8-10-19)11-14(12-17)18-23(2,21)22/h3-6,14,18H,7-12H2,1-2H3. The van der Waals surface area contributed by atoms with Crippen LogP contribution in [-0.4, -0.2) is 44.6 Å². The summed E-state index contributed by atoms with van der Waals surface area (Å²) in [6.45, 7) is 3.49. The first-order valence-corrected chi connectivity index (χ1v) is 9.99. The van der Waals surface area contributed by atoms with E-state index >= 15 is 0 Å². The molecule has 1 aromatic carbocycles. The van der Waals surface area contributed by atoms with Crippen molar-refractivity contribution in [2.24, 2.45) is 5.41 Å². The van der Waals surface area contributed by atoms with E-state index < -0.39 is 10.0 Å². The van der Waals surface area contributed by atoms with Crippen molar-refractivity contribution in [2.75, 3.05) is 19.3 Å². The first-order valence-electron chi connectivity index (χ1n) is 8.10. The molecule has 126 valence electrons. The van der Waals surface area contributed by atoms with Crippen LogP contribution in [0.25, 0.3) is 0 Å². The van der Waals surface area contributed by atoms with Crippen LogP contribution in [-0.2, 0) is 10.0 Å². The van der Waals surface area contributed by atoms with Crippen LogP contribution in [0.3, 0.4) is 0 Å². The summed E-state index contributed by atoms with van der Waals surface area (Å²) in [6.07, 6.45) is 4.93. The molecule has 1 saturated carbocycles. The van der Waals surface area contributed by atoms with Crippen LogP contribution >= 0.6 is 0 Å². The molecule has 0 radical (unpaired) electrons. The molecule has 6 heteroatoms. The van der Waals surface area contributed by atoms with Crippen LogP contribution in [0.2, 0.25) is 0 Å². The Balaban J connectivity index is 1.56. The molecule has 0 bridgehead atoms. The topological polar surface area (TPSA) is 66.5 Å². The second-order valence-corrected chi connectivity index (χ2v) is 8.88. The fourth-order valence-electron chi connectivity index (χ4n) is 3.95. The first-order chi connectivity index (χ1) is 10.8. The van der Waals surface area contributed by atoms with Crippen LogP contribution < -0.4 is 4.72 Å². The molecule has 0 unspecified atom stereocenters. The molecule has 0 aromatic heterocycles. The zero-order valence-corrected chi connectivity index (χ0v) is 14.5. The van der Waals surface area contributed by atoms with Crippen LogP contribution in [0.15, 0.2) is 24.3 Å². The van der Waals surface area contributed by atoms with Crippen molar-refractivity contribution in [3.63, 3.8) is 0 Å². The highest BCUT2D eigenvalue weighted by molar-refractivity contribution is 7.88. The lowest BCUT2D eigenvalue weighted by atomic mass is 9.60. The number of hydrogen-bond acceptors (Lipinski definition) is 3. The minimum Gasteiger partial charge on any atom is -0.339 e. The van der Waals surface area contributed by atoms with Crippen molar-refractivity contribution in [3.8, 4) is 0 Å². The van der Waals surface area contributed by atoms with Gasteiger partial charge in [0.25, 0.3) is 5.91 Å². The fourth-order valence-corrected chi connectivity index (χ4v) is 4.72. The van der Waals surface area contributed by atoms with E-state index in [-0.39, 0.29) is 17.4 Å². The quantitative estimate of drug-likeness (QED) is 0.917. The third-order valence-corrected chi connectivity index (χ3v) is 5.99. The Labute approximate surface area is 138 Å². The summed E-state index contributed by atoms with van der Waals surface area (Å²) in [5, 5.41) is 0. The molecule has 1 spiro atoms. The summed E-state index contributed by atoms with van der Waals surface area (Å²) in [6, 6.07) is 7.77. The molecule has 5 nitrogen and oxygen atoms in total. The predicted octanol–water partition coefficient (Wildman–Crippen LogP) is 1.93. The average molecular weight is 336 g/mol. The van der Waals surface area contributed by atoms with Crippen molar-refractivity contribution >= 4 is 15.9 Å². The summed E-state index contributed by atoms with van der Waals surface area (Å²) < 4.78 is 25.2. The van der Waals surface area contributed by atoms with Gasteiger partial charge in [-0.05, 0) is 49.7 Å². The first kappa shape index (κ1) is 16.5. The average Bonchev–Trinajstić information content (AvgIpc) is 2.45. The molecule has 1 aliphatic carbocycles. The van der Waals surface area contributed by atoms with Gasteiger partial charge in [-0.1, -0.05) is 18.2 Å². The maximum absolute atomic E-state index is 12.6. The lowest BCUT2D eigenvalue weighted by Crippen LogP contribution is -2.55. The number of sulfonamides is 1. The van der Waals surface area contributed by atoms with Crippen molar-refractivity contribution in [2.45, 2.75) is 38.6 Å². The molecule has 23 heavy (non-hydrogen) atoms. The van der Waals surface area contributed by atoms with Gasteiger partial charge in [-0.2, -0.15) is 0 Å². The summed E-state index contributed by atoms with van der Waals surface area (Å²) in [4.78, 5) is 14.6. The number of hydrogen-bond donors (Lipinski definition) is 1. The van der Waals surface area contributed by atoms with Crippen molar-refractivity contribution in [1.82, 2.24) is 9.62 Å². The van der Waals surface area contributed by atoms with Crippen LogP contribution in [0.1, 0.15) is 41.6 Å². The monoisotopic (exact) mass is 336 g/mol. The molecule has 1 saturated heterocycles. The van der Waals surface area contributed by atoms with E-state index in [0.29, 0.717) is 0 Å². The second kappa shape index (κ2) is 5.91. The van der Waals surface area contributed by atoms with Gasteiger partial charge in [-0.3, -0.25) is 4.79 Å². The van der Waals surface area contributed by atoms with Gasteiger partial charge in [0.1, 0.15) is 0 Å². The Morgan fingerprint density at radius 2 is 1.83 bits per heavy atom. The Morgan fingerprint density at radius 3 is 2.39 bits per heavy atom. The number of likely N-dealkylation sites (tertiary alicyclic amines) is 1. The molecule has 1 aliphatic heterocycles. The van der Waals surface area contributed by atoms with E-state index in [1.54, 1.807) is 0 Å². The summed E-state index contributed by atoms with van der Waals surface area (Å²) in [5.41, 5.74) is 2.03. The number of carbonyl (C=O) groups excluding carboxylic acids is 1. The Kier molecular flexibility index (Phi) is 4.23. The van der Waals surface area contributed by atoms with Gasteiger partial charge in [-0.15, -0.1) is 0 Å². The zero-order chi connectivity index (χ0) is 16.7. The van der Waals surface area contributed by atoms with Crippen molar-refractivity contribution in [3.05, 3.63) is 35.4 Å². The van der Waals surface area contributed by atoms with Crippen LogP contribution in [0, 0.1) is 12.3 Å². The molecular formula is C17H24N2O3S. The van der Waals surface area contributed by atoms with Crippen molar-refractivity contribution < 1.29 is 13.2 Å². The molecule has 0 atom stereocenters. The minimum absolute atomic E-state index is 0.0728.